The van der Waals surface area contributed by atoms with E-state index in [1.165, 1.54) is 6.07 Å². The number of aromatic amines is 1. The number of nitrogens with one attached hydrogen (secondary N) is 2. The first-order valence-electron chi connectivity index (χ1n) is 10.2. The number of ether oxygens (including phenoxy) is 1. The highest BCUT2D eigenvalue weighted by molar-refractivity contribution is 5.97. The lowest BCUT2D eigenvalue weighted by Crippen LogP contribution is -2.29. The van der Waals surface area contributed by atoms with Gasteiger partial charge in [0.2, 0.25) is 11.8 Å². The first kappa shape index (κ1) is 18.8. The Balaban J connectivity index is 1.55. The summed E-state index contributed by atoms with van der Waals surface area (Å²) in [6.07, 6.45) is 9.95. The first-order valence-corrected chi connectivity index (χ1v) is 10.2. The molecule has 1 aliphatic rings. The normalized spacial score (nSPS) is 19.4. The Kier molecular flexibility index (Phi) is 4.74. The van der Waals surface area contributed by atoms with Crippen LogP contribution in [0.5, 0.6) is 5.88 Å². The second-order valence-corrected chi connectivity index (χ2v) is 7.60. The number of halogens is 1. The fourth-order valence-electron chi connectivity index (χ4n) is 4.07. The summed E-state index contributed by atoms with van der Waals surface area (Å²) < 4.78 is 22.0. The summed E-state index contributed by atoms with van der Waals surface area (Å²) in [5, 5.41) is 13.8. The van der Waals surface area contributed by atoms with Crippen molar-refractivity contribution in [2.75, 3.05) is 11.9 Å². The van der Waals surface area contributed by atoms with Crippen LogP contribution in [0, 0.1) is 5.82 Å². The zero-order valence-electron chi connectivity index (χ0n) is 16.6. The smallest absolute Gasteiger partial charge is 0.228 e. The highest BCUT2D eigenvalue weighted by Crippen LogP contribution is 2.35. The average Bonchev–Trinajstić information content (AvgIpc) is 3.37. The number of hydrogen-bond donors (Lipinski definition) is 3. The van der Waals surface area contributed by atoms with E-state index in [0.717, 1.165) is 31.2 Å². The lowest BCUT2D eigenvalue weighted by atomic mass is 9.93. The molecule has 0 unspecified atom stereocenters. The third kappa shape index (κ3) is 3.35. The largest absolute Gasteiger partial charge is 0.477 e. The number of fused-ring (bicyclic) bond motifs is 2. The van der Waals surface area contributed by atoms with Crippen LogP contribution in [0.3, 0.4) is 0 Å². The molecule has 0 aliphatic heterocycles. The molecule has 1 saturated carbocycles. The van der Waals surface area contributed by atoms with Crippen LogP contribution in [-0.2, 0) is 0 Å². The van der Waals surface area contributed by atoms with Crippen LogP contribution in [0.1, 0.15) is 32.6 Å². The summed E-state index contributed by atoms with van der Waals surface area (Å²) in [5.74, 6) is 0.531. The summed E-state index contributed by atoms with van der Waals surface area (Å²) in [6, 6.07) is 1.67. The van der Waals surface area contributed by atoms with Gasteiger partial charge in [-0.15, -0.1) is 0 Å². The molecule has 0 aromatic carbocycles. The van der Waals surface area contributed by atoms with Gasteiger partial charge in [-0.2, -0.15) is 9.97 Å². The van der Waals surface area contributed by atoms with Crippen molar-refractivity contribution in [3.63, 3.8) is 0 Å². The number of pyridine rings is 1. The molecule has 8 nitrogen and oxygen atoms in total. The SMILES string of the molecule is CCOc1nc(N[C@H]2CC[C@@H](O)CC2)nc2[nH]cc(-c3cc(F)c4nccn4c3)c12. The van der Waals surface area contributed by atoms with E-state index in [2.05, 4.69) is 25.3 Å². The molecule has 9 heteroatoms. The van der Waals surface area contributed by atoms with Gasteiger partial charge in [0.1, 0.15) is 5.65 Å². The van der Waals surface area contributed by atoms with E-state index in [4.69, 9.17) is 4.74 Å². The van der Waals surface area contributed by atoms with Crippen molar-refractivity contribution in [3.05, 3.63) is 36.7 Å². The lowest BCUT2D eigenvalue weighted by Gasteiger charge is -2.26. The molecule has 0 bridgehead atoms. The van der Waals surface area contributed by atoms with Gasteiger partial charge < -0.3 is 24.5 Å². The predicted octanol–water partition coefficient (Wildman–Crippen LogP) is 3.53. The van der Waals surface area contributed by atoms with Crippen LogP contribution in [0.25, 0.3) is 27.8 Å². The van der Waals surface area contributed by atoms with E-state index in [1.807, 2.05) is 13.1 Å². The maximum atomic E-state index is 14.5. The van der Waals surface area contributed by atoms with Crippen LogP contribution in [0.15, 0.2) is 30.9 Å². The molecule has 1 aliphatic carbocycles. The zero-order chi connectivity index (χ0) is 20.7. The van der Waals surface area contributed by atoms with E-state index >= 15 is 0 Å². The number of anilines is 1. The maximum absolute atomic E-state index is 14.5. The fourth-order valence-corrected chi connectivity index (χ4v) is 4.07. The summed E-state index contributed by atoms with van der Waals surface area (Å²) in [5.41, 5.74) is 2.34. The average molecular weight is 410 g/mol. The topological polar surface area (TPSA) is 100 Å². The van der Waals surface area contributed by atoms with Crippen LogP contribution in [0.4, 0.5) is 10.3 Å². The fraction of sp³-hybridized carbons (Fsp3) is 0.381. The Hall–Kier alpha value is -3.20. The number of H-pyrrole nitrogens is 1. The van der Waals surface area contributed by atoms with E-state index < -0.39 is 5.82 Å². The second kappa shape index (κ2) is 7.56. The molecular formula is C21H23FN6O2. The minimum atomic E-state index is -0.400. The molecule has 0 saturated heterocycles. The van der Waals surface area contributed by atoms with Crippen molar-refractivity contribution in [1.82, 2.24) is 24.3 Å². The van der Waals surface area contributed by atoms with Gasteiger partial charge in [-0.3, -0.25) is 0 Å². The van der Waals surface area contributed by atoms with Gasteiger partial charge in [0.15, 0.2) is 11.5 Å². The number of hydrogen-bond acceptors (Lipinski definition) is 6. The highest BCUT2D eigenvalue weighted by Gasteiger charge is 2.22. The van der Waals surface area contributed by atoms with Gasteiger partial charge in [-0.1, -0.05) is 0 Å². The molecule has 156 valence electrons. The Labute approximate surface area is 172 Å². The maximum Gasteiger partial charge on any atom is 0.228 e. The summed E-state index contributed by atoms with van der Waals surface area (Å²) in [4.78, 5) is 16.4. The molecule has 5 rings (SSSR count). The molecule has 4 heterocycles. The van der Waals surface area contributed by atoms with Gasteiger partial charge in [-0.05, 0) is 38.7 Å². The molecule has 0 spiro atoms. The van der Waals surface area contributed by atoms with Gasteiger partial charge in [0.05, 0.1) is 18.1 Å². The van der Waals surface area contributed by atoms with Crippen molar-refractivity contribution < 1.29 is 14.2 Å². The van der Waals surface area contributed by atoms with Crippen LogP contribution in [-0.4, -0.2) is 48.2 Å². The summed E-state index contributed by atoms with van der Waals surface area (Å²) in [7, 11) is 0. The van der Waals surface area contributed by atoms with E-state index in [9.17, 15) is 9.50 Å². The third-order valence-corrected chi connectivity index (χ3v) is 5.56. The molecule has 0 amide bonds. The van der Waals surface area contributed by atoms with Crippen LogP contribution in [0.2, 0.25) is 0 Å². The van der Waals surface area contributed by atoms with Crippen LogP contribution < -0.4 is 10.1 Å². The highest BCUT2D eigenvalue weighted by atomic mass is 19.1. The third-order valence-electron chi connectivity index (χ3n) is 5.56. The van der Waals surface area contributed by atoms with Gasteiger partial charge in [0.25, 0.3) is 0 Å². The molecule has 0 radical (unpaired) electrons. The molecule has 4 aromatic heterocycles. The van der Waals surface area contributed by atoms with Gasteiger partial charge >= 0.3 is 0 Å². The molecule has 1 fully saturated rings. The van der Waals surface area contributed by atoms with Crippen molar-refractivity contribution in [3.8, 4) is 17.0 Å². The Morgan fingerprint density at radius 3 is 2.93 bits per heavy atom. The summed E-state index contributed by atoms with van der Waals surface area (Å²) >= 11 is 0. The Morgan fingerprint density at radius 1 is 1.30 bits per heavy atom. The first-order chi connectivity index (χ1) is 14.6. The Morgan fingerprint density at radius 2 is 2.13 bits per heavy atom. The number of rotatable bonds is 5. The predicted molar refractivity (Wildman–Crippen MR) is 111 cm³/mol. The monoisotopic (exact) mass is 410 g/mol. The second-order valence-electron chi connectivity index (χ2n) is 7.60. The molecular weight excluding hydrogens is 387 g/mol. The van der Waals surface area contributed by atoms with E-state index in [0.29, 0.717) is 35.0 Å². The van der Waals surface area contributed by atoms with Crippen molar-refractivity contribution in [2.24, 2.45) is 0 Å². The minimum absolute atomic E-state index is 0.215. The lowest BCUT2D eigenvalue weighted by molar-refractivity contribution is 0.126. The standard InChI is InChI=1S/C21H23FN6O2/c1-2-30-20-17-15(12-9-16(22)19-23-7-8-28(19)11-12)10-24-18(17)26-21(27-20)25-13-3-5-14(29)6-4-13/h7-11,13-14,29H,2-6H2,1H3,(H2,24,25,26,27)/t13-,14+. The molecule has 30 heavy (non-hydrogen) atoms. The minimum Gasteiger partial charge on any atom is -0.477 e. The number of aromatic nitrogens is 5. The van der Waals surface area contributed by atoms with Crippen molar-refractivity contribution >= 4 is 22.6 Å². The number of nitrogens with zero attached hydrogens (tertiary/aromatic N) is 4. The molecule has 3 N–H and O–H groups in total. The molecule has 0 atom stereocenters. The zero-order valence-corrected chi connectivity index (χ0v) is 16.6. The van der Waals surface area contributed by atoms with Gasteiger partial charge in [0, 0.05) is 42.0 Å². The number of imidazole rings is 1. The van der Waals surface area contributed by atoms with Gasteiger partial charge in [-0.25, -0.2) is 9.37 Å². The quantitative estimate of drug-likeness (QED) is 0.465. The van der Waals surface area contributed by atoms with E-state index in [1.54, 1.807) is 23.0 Å². The van der Waals surface area contributed by atoms with Crippen molar-refractivity contribution in [2.45, 2.75) is 44.8 Å². The van der Waals surface area contributed by atoms with Crippen molar-refractivity contribution in [1.29, 1.82) is 0 Å². The Bertz CT molecular complexity index is 1200. The van der Waals surface area contributed by atoms with Crippen LogP contribution >= 0.6 is 0 Å². The number of aliphatic hydroxyl groups is 1. The molecule has 4 aromatic rings. The summed E-state index contributed by atoms with van der Waals surface area (Å²) in [6.45, 7) is 2.34. The van der Waals surface area contributed by atoms with E-state index in [-0.39, 0.29) is 17.8 Å². The number of aliphatic hydroxyl groups excluding tert-OH is 1.